The van der Waals surface area contributed by atoms with Gasteiger partial charge in [0.1, 0.15) is 11.5 Å². The molecule has 1 aliphatic rings. The van der Waals surface area contributed by atoms with Crippen molar-refractivity contribution >= 4 is 17.4 Å². The third kappa shape index (κ3) is 3.99. The number of para-hydroxylation sites is 2. The Morgan fingerprint density at radius 3 is 2.68 bits per heavy atom. The fraction of sp³-hybridized carbons (Fsp3) is 0.300. The molecule has 0 radical (unpaired) electrons. The number of rotatable bonds is 7. The van der Waals surface area contributed by atoms with Gasteiger partial charge in [0.15, 0.2) is 12.4 Å². The molecule has 2 aromatic carbocycles. The van der Waals surface area contributed by atoms with Crippen LogP contribution < -0.4 is 14.8 Å². The largest absolute Gasteiger partial charge is 0.491 e. The highest BCUT2D eigenvalue weighted by Crippen LogP contribution is 2.30. The summed E-state index contributed by atoms with van der Waals surface area (Å²) in [6.07, 6.45) is 2.06. The van der Waals surface area contributed by atoms with E-state index in [0.29, 0.717) is 42.2 Å². The van der Waals surface area contributed by atoms with E-state index in [1.165, 1.54) is 0 Å². The maximum absolute atomic E-state index is 12.2. The summed E-state index contributed by atoms with van der Waals surface area (Å²) in [4.78, 5) is 24.0. The second-order valence-electron chi connectivity index (χ2n) is 5.89. The van der Waals surface area contributed by atoms with Crippen molar-refractivity contribution in [3.63, 3.8) is 0 Å². The second-order valence-corrected chi connectivity index (χ2v) is 5.89. The quantitative estimate of drug-likeness (QED) is 0.837. The molecule has 0 aromatic heterocycles. The van der Waals surface area contributed by atoms with Gasteiger partial charge in [0.2, 0.25) is 0 Å². The molecule has 0 saturated heterocycles. The zero-order chi connectivity index (χ0) is 17.6. The molecular weight excluding hydrogens is 318 g/mol. The molecule has 130 valence electrons. The van der Waals surface area contributed by atoms with E-state index < -0.39 is 0 Å². The molecule has 0 fully saturated rings. The summed E-state index contributed by atoms with van der Waals surface area (Å²) in [7, 11) is 0. The second kappa shape index (κ2) is 7.83. The zero-order valence-electron chi connectivity index (χ0n) is 14.2. The molecule has 0 atom stereocenters. The van der Waals surface area contributed by atoms with E-state index in [4.69, 9.17) is 9.47 Å². The normalized spacial score (nSPS) is 12.6. The van der Waals surface area contributed by atoms with Gasteiger partial charge in [-0.15, -0.1) is 0 Å². The number of hydrogen-bond donors (Lipinski definition) is 1. The van der Waals surface area contributed by atoms with E-state index in [1.807, 2.05) is 25.1 Å². The average molecular weight is 339 g/mol. The molecular formula is C20H21NO4. The molecule has 1 N–H and O–H groups in total. The molecule has 0 bridgehead atoms. The van der Waals surface area contributed by atoms with Crippen molar-refractivity contribution < 1.29 is 19.1 Å². The summed E-state index contributed by atoms with van der Waals surface area (Å²) in [5.74, 6) is 1.11. The van der Waals surface area contributed by atoms with Crippen LogP contribution in [0.15, 0.2) is 42.5 Å². The first kappa shape index (κ1) is 17.0. The van der Waals surface area contributed by atoms with Crippen molar-refractivity contribution in [3.8, 4) is 11.5 Å². The van der Waals surface area contributed by atoms with E-state index in [0.717, 1.165) is 12.0 Å². The molecule has 0 unspecified atom stereocenters. The van der Waals surface area contributed by atoms with Crippen LogP contribution in [0.2, 0.25) is 0 Å². The van der Waals surface area contributed by atoms with Crippen molar-refractivity contribution in [1.29, 1.82) is 0 Å². The van der Waals surface area contributed by atoms with E-state index in [1.54, 1.807) is 24.3 Å². The third-order valence-corrected chi connectivity index (χ3v) is 4.02. The maximum Gasteiger partial charge on any atom is 0.262 e. The van der Waals surface area contributed by atoms with Gasteiger partial charge < -0.3 is 14.8 Å². The van der Waals surface area contributed by atoms with Crippen LogP contribution >= 0.6 is 0 Å². The number of carbonyl (C=O) groups is 2. The van der Waals surface area contributed by atoms with Gasteiger partial charge in [-0.2, -0.15) is 0 Å². The number of ether oxygens (including phenoxy) is 2. The van der Waals surface area contributed by atoms with Crippen LogP contribution in [0.5, 0.6) is 11.5 Å². The Morgan fingerprint density at radius 1 is 1.04 bits per heavy atom. The Labute approximate surface area is 147 Å². The molecule has 0 spiro atoms. The van der Waals surface area contributed by atoms with Crippen LogP contribution in [0.25, 0.3) is 0 Å². The van der Waals surface area contributed by atoms with Crippen LogP contribution in [0.1, 0.15) is 35.7 Å². The number of anilines is 1. The van der Waals surface area contributed by atoms with Crippen LogP contribution in [0.4, 0.5) is 5.69 Å². The summed E-state index contributed by atoms with van der Waals surface area (Å²) in [6, 6.07) is 12.7. The Morgan fingerprint density at radius 2 is 1.84 bits per heavy atom. The molecule has 0 saturated carbocycles. The number of nitrogens with one attached hydrogen (secondary N) is 1. The number of ketones is 1. The molecule has 5 heteroatoms. The van der Waals surface area contributed by atoms with Gasteiger partial charge in [0.25, 0.3) is 5.91 Å². The first-order chi connectivity index (χ1) is 12.2. The number of carbonyl (C=O) groups excluding carboxylic acids is 2. The Kier molecular flexibility index (Phi) is 5.33. The first-order valence-corrected chi connectivity index (χ1v) is 8.48. The fourth-order valence-electron chi connectivity index (χ4n) is 2.83. The minimum absolute atomic E-state index is 0.118. The lowest BCUT2D eigenvalue weighted by Gasteiger charge is -2.13. The monoisotopic (exact) mass is 339 g/mol. The van der Waals surface area contributed by atoms with E-state index in [2.05, 4.69) is 5.32 Å². The minimum Gasteiger partial charge on any atom is -0.491 e. The molecule has 0 aliphatic heterocycles. The first-order valence-electron chi connectivity index (χ1n) is 8.48. The summed E-state index contributed by atoms with van der Waals surface area (Å²) in [5, 5.41) is 2.81. The van der Waals surface area contributed by atoms with Crippen molar-refractivity contribution in [1.82, 2.24) is 0 Å². The highest BCUT2D eigenvalue weighted by Gasteiger charge is 2.22. The van der Waals surface area contributed by atoms with Gasteiger partial charge in [-0.05, 0) is 31.0 Å². The van der Waals surface area contributed by atoms with Crippen molar-refractivity contribution in [2.45, 2.75) is 26.2 Å². The molecule has 0 heterocycles. The average Bonchev–Trinajstić information content (AvgIpc) is 3.01. The Hall–Kier alpha value is -2.82. The maximum atomic E-state index is 12.2. The van der Waals surface area contributed by atoms with Gasteiger partial charge in [-0.3, -0.25) is 9.59 Å². The topological polar surface area (TPSA) is 64.6 Å². The summed E-state index contributed by atoms with van der Waals surface area (Å²) >= 11 is 0. The van der Waals surface area contributed by atoms with Crippen molar-refractivity contribution in [2.24, 2.45) is 0 Å². The number of amides is 1. The third-order valence-electron chi connectivity index (χ3n) is 4.02. The molecule has 2 aromatic rings. The smallest absolute Gasteiger partial charge is 0.262 e. The van der Waals surface area contributed by atoms with E-state index in [-0.39, 0.29) is 18.3 Å². The van der Waals surface area contributed by atoms with Gasteiger partial charge >= 0.3 is 0 Å². The van der Waals surface area contributed by atoms with Crippen molar-refractivity contribution in [3.05, 3.63) is 53.6 Å². The van der Waals surface area contributed by atoms with E-state index in [9.17, 15) is 9.59 Å². The van der Waals surface area contributed by atoms with Crippen LogP contribution in [0.3, 0.4) is 0 Å². The standard InChI is InChI=1S/C20H21NO4/c1-2-12-24-19-8-4-3-7-16(19)21-20(23)13-25-18-9-5-6-14-15(18)10-11-17(14)22/h3-9H,2,10-13H2,1H3,(H,21,23). The van der Waals surface area contributed by atoms with Crippen LogP contribution in [-0.4, -0.2) is 24.9 Å². The van der Waals surface area contributed by atoms with Gasteiger partial charge in [-0.1, -0.05) is 31.2 Å². The number of fused-ring (bicyclic) bond motifs is 1. The summed E-state index contributed by atoms with van der Waals surface area (Å²) < 4.78 is 11.3. The lowest BCUT2D eigenvalue weighted by atomic mass is 10.1. The highest BCUT2D eigenvalue weighted by atomic mass is 16.5. The van der Waals surface area contributed by atoms with Gasteiger partial charge in [-0.25, -0.2) is 0 Å². The number of benzene rings is 2. The predicted molar refractivity (Wildman–Crippen MR) is 95.4 cm³/mol. The van der Waals surface area contributed by atoms with E-state index >= 15 is 0 Å². The lowest BCUT2D eigenvalue weighted by Crippen LogP contribution is -2.21. The molecule has 25 heavy (non-hydrogen) atoms. The zero-order valence-corrected chi connectivity index (χ0v) is 14.2. The summed E-state index contributed by atoms with van der Waals surface area (Å²) in [6.45, 7) is 2.50. The molecule has 5 nitrogen and oxygen atoms in total. The molecule has 1 aliphatic carbocycles. The molecule has 1 amide bonds. The van der Waals surface area contributed by atoms with Gasteiger partial charge in [0.05, 0.1) is 12.3 Å². The Bertz CT molecular complexity index is 785. The predicted octanol–water partition coefficient (Wildman–Crippen LogP) is 3.62. The van der Waals surface area contributed by atoms with Gasteiger partial charge in [0, 0.05) is 17.5 Å². The molecule has 3 rings (SSSR count). The van der Waals surface area contributed by atoms with Crippen molar-refractivity contribution in [2.75, 3.05) is 18.5 Å². The number of Topliss-reactive ketones (excluding diaryl/α,β-unsaturated/α-hetero) is 1. The fourth-order valence-corrected chi connectivity index (χ4v) is 2.83. The minimum atomic E-state index is -0.269. The SMILES string of the molecule is CCCOc1ccccc1NC(=O)COc1cccc2c1CCC2=O. The number of hydrogen-bond acceptors (Lipinski definition) is 4. The highest BCUT2D eigenvalue weighted by molar-refractivity contribution is 6.01. The van der Waals surface area contributed by atoms with Crippen LogP contribution in [-0.2, 0) is 11.2 Å². The lowest BCUT2D eigenvalue weighted by molar-refractivity contribution is -0.118. The van der Waals surface area contributed by atoms with Crippen LogP contribution in [0, 0.1) is 0 Å². The summed E-state index contributed by atoms with van der Waals surface area (Å²) in [5.41, 5.74) is 2.22. The Balaban J connectivity index is 1.62.